The molecule has 4 rings (SSSR count). The maximum absolute atomic E-state index is 12.6. The third-order valence-electron chi connectivity index (χ3n) is 5.02. The highest BCUT2D eigenvalue weighted by atomic mass is 32.2. The maximum atomic E-state index is 12.6. The summed E-state index contributed by atoms with van der Waals surface area (Å²) in [6.45, 7) is 4.65. The van der Waals surface area contributed by atoms with Gasteiger partial charge in [0.05, 0.1) is 0 Å². The minimum Gasteiger partial charge on any atom is -0.312 e. The topological polar surface area (TPSA) is 75.2 Å². The highest BCUT2D eigenvalue weighted by Crippen LogP contribution is 2.35. The summed E-state index contributed by atoms with van der Waals surface area (Å²) in [4.78, 5) is 27.8. The molecule has 0 aliphatic carbocycles. The third kappa shape index (κ3) is 5.51. The molecule has 0 saturated carbocycles. The van der Waals surface area contributed by atoms with Crippen molar-refractivity contribution < 1.29 is 9.59 Å². The number of thioether (sulfide) groups is 1. The van der Waals surface area contributed by atoms with Crippen LogP contribution in [0.3, 0.4) is 0 Å². The molecule has 1 aromatic heterocycles. The molecule has 160 valence electrons. The number of aryl methyl sites for hydroxylation is 2. The SMILES string of the molecule is Cc1cc(C)cc(N2CC(c3nnc(NC(=O)CCSc4ccccc4)s3)CC2=O)c1. The van der Waals surface area contributed by atoms with Crippen LogP contribution < -0.4 is 10.2 Å². The van der Waals surface area contributed by atoms with Gasteiger partial charge in [-0.2, -0.15) is 0 Å². The standard InChI is InChI=1S/C23H24N4O2S2/c1-15-10-16(2)12-18(11-15)27-14-17(13-21(27)29)22-25-26-23(31-22)24-20(28)8-9-30-19-6-4-3-5-7-19/h3-7,10-12,17H,8-9,13-14H2,1-2H3,(H,24,26,28). The van der Waals surface area contributed by atoms with Gasteiger partial charge in [-0.05, 0) is 49.2 Å². The molecule has 3 aromatic rings. The molecule has 8 heteroatoms. The number of amides is 2. The van der Waals surface area contributed by atoms with Crippen LogP contribution in [0.2, 0.25) is 0 Å². The predicted molar refractivity (Wildman–Crippen MR) is 126 cm³/mol. The van der Waals surface area contributed by atoms with Gasteiger partial charge in [-0.25, -0.2) is 0 Å². The Morgan fingerprint density at radius 1 is 1.16 bits per heavy atom. The molecular weight excluding hydrogens is 428 g/mol. The van der Waals surface area contributed by atoms with Crippen molar-refractivity contribution in [2.75, 3.05) is 22.5 Å². The zero-order valence-electron chi connectivity index (χ0n) is 17.5. The molecule has 6 nitrogen and oxygen atoms in total. The van der Waals surface area contributed by atoms with Crippen LogP contribution in [0.15, 0.2) is 53.4 Å². The molecule has 1 unspecified atom stereocenters. The van der Waals surface area contributed by atoms with Crippen molar-refractivity contribution in [2.45, 2.75) is 37.5 Å². The van der Waals surface area contributed by atoms with Crippen molar-refractivity contribution in [1.82, 2.24) is 10.2 Å². The number of anilines is 2. The van der Waals surface area contributed by atoms with Crippen LogP contribution >= 0.6 is 23.1 Å². The zero-order chi connectivity index (χ0) is 21.8. The van der Waals surface area contributed by atoms with Crippen molar-refractivity contribution >= 4 is 45.7 Å². The fourth-order valence-electron chi connectivity index (χ4n) is 3.64. The predicted octanol–water partition coefficient (Wildman–Crippen LogP) is 4.80. The average molecular weight is 453 g/mol. The number of hydrogen-bond acceptors (Lipinski definition) is 6. The first-order chi connectivity index (χ1) is 15.0. The van der Waals surface area contributed by atoms with E-state index in [9.17, 15) is 9.59 Å². The van der Waals surface area contributed by atoms with Gasteiger partial charge >= 0.3 is 0 Å². The molecule has 1 aliphatic heterocycles. The second kappa shape index (κ2) is 9.62. The van der Waals surface area contributed by atoms with E-state index in [4.69, 9.17) is 0 Å². The fraction of sp³-hybridized carbons (Fsp3) is 0.304. The van der Waals surface area contributed by atoms with Crippen molar-refractivity contribution in [3.8, 4) is 0 Å². The molecule has 2 amide bonds. The van der Waals surface area contributed by atoms with E-state index in [2.05, 4.69) is 21.6 Å². The Bertz CT molecular complexity index is 1060. The molecule has 1 fully saturated rings. The van der Waals surface area contributed by atoms with E-state index in [1.807, 2.05) is 61.2 Å². The lowest BCUT2D eigenvalue weighted by molar-refractivity contribution is -0.117. The quantitative estimate of drug-likeness (QED) is 0.522. The smallest absolute Gasteiger partial charge is 0.227 e. The summed E-state index contributed by atoms with van der Waals surface area (Å²) in [6, 6.07) is 16.2. The number of carbonyl (C=O) groups excluding carboxylic acids is 2. The second-order valence-corrected chi connectivity index (χ2v) is 9.83. The molecule has 31 heavy (non-hydrogen) atoms. The Hall–Kier alpha value is -2.71. The Balaban J connectivity index is 1.32. The van der Waals surface area contributed by atoms with Crippen molar-refractivity contribution in [2.24, 2.45) is 0 Å². The lowest BCUT2D eigenvalue weighted by Gasteiger charge is -2.17. The summed E-state index contributed by atoms with van der Waals surface area (Å²) in [7, 11) is 0. The van der Waals surface area contributed by atoms with Crippen molar-refractivity contribution in [3.05, 3.63) is 64.7 Å². The Morgan fingerprint density at radius 3 is 2.65 bits per heavy atom. The largest absolute Gasteiger partial charge is 0.312 e. The summed E-state index contributed by atoms with van der Waals surface area (Å²) >= 11 is 3.00. The van der Waals surface area contributed by atoms with Crippen LogP contribution in [0.1, 0.15) is 34.9 Å². The minimum absolute atomic E-state index is 0.00916. The van der Waals surface area contributed by atoms with Crippen LogP contribution in [0.5, 0.6) is 0 Å². The molecule has 2 heterocycles. The Labute approximate surface area is 190 Å². The van der Waals surface area contributed by atoms with Gasteiger partial charge in [0.2, 0.25) is 16.9 Å². The average Bonchev–Trinajstić information content (AvgIpc) is 3.34. The van der Waals surface area contributed by atoms with Gasteiger partial charge in [0.1, 0.15) is 5.01 Å². The van der Waals surface area contributed by atoms with E-state index in [1.54, 1.807) is 11.8 Å². The molecule has 1 saturated heterocycles. The van der Waals surface area contributed by atoms with Crippen molar-refractivity contribution in [3.63, 3.8) is 0 Å². The first-order valence-electron chi connectivity index (χ1n) is 10.2. The third-order valence-corrected chi connectivity index (χ3v) is 7.04. The van der Waals surface area contributed by atoms with E-state index in [1.165, 1.54) is 11.3 Å². The zero-order valence-corrected chi connectivity index (χ0v) is 19.1. The highest BCUT2D eigenvalue weighted by Gasteiger charge is 2.34. The van der Waals surface area contributed by atoms with Gasteiger partial charge in [0, 0.05) is 41.6 Å². The summed E-state index contributed by atoms with van der Waals surface area (Å²) in [5.74, 6) is 0.702. The molecular formula is C23H24N4O2S2. The number of hydrogen-bond donors (Lipinski definition) is 1. The lowest BCUT2D eigenvalue weighted by atomic mass is 10.1. The van der Waals surface area contributed by atoms with Gasteiger partial charge in [-0.3, -0.25) is 9.59 Å². The first-order valence-corrected chi connectivity index (χ1v) is 12.0. The van der Waals surface area contributed by atoms with Gasteiger partial charge in [0.25, 0.3) is 0 Å². The molecule has 1 atom stereocenters. The number of carbonyl (C=O) groups is 2. The van der Waals surface area contributed by atoms with Gasteiger partial charge < -0.3 is 10.2 Å². The van der Waals surface area contributed by atoms with E-state index in [-0.39, 0.29) is 17.7 Å². The van der Waals surface area contributed by atoms with E-state index < -0.39 is 0 Å². The lowest BCUT2D eigenvalue weighted by Crippen LogP contribution is -2.24. The van der Waals surface area contributed by atoms with Gasteiger partial charge in [-0.15, -0.1) is 22.0 Å². The number of nitrogens with one attached hydrogen (secondary N) is 1. The highest BCUT2D eigenvalue weighted by molar-refractivity contribution is 7.99. The van der Waals surface area contributed by atoms with Crippen LogP contribution in [0.25, 0.3) is 0 Å². The second-order valence-electron chi connectivity index (χ2n) is 7.66. The molecule has 0 spiro atoms. The van der Waals surface area contributed by atoms with Crippen LogP contribution in [-0.2, 0) is 9.59 Å². The normalized spacial score (nSPS) is 16.0. The minimum atomic E-state index is -0.0782. The molecule has 1 N–H and O–H groups in total. The van der Waals surface area contributed by atoms with Gasteiger partial charge in [0.15, 0.2) is 0 Å². The maximum Gasteiger partial charge on any atom is 0.227 e. The summed E-state index contributed by atoms with van der Waals surface area (Å²) < 4.78 is 0. The number of aromatic nitrogens is 2. The van der Waals surface area contributed by atoms with E-state index >= 15 is 0 Å². The van der Waals surface area contributed by atoms with E-state index in [0.717, 1.165) is 26.7 Å². The number of benzene rings is 2. The Kier molecular flexibility index (Phi) is 6.67. The fourth-order valence-corrected chi connectivity index (χ4v) is 5.36. The van der Waals surface area contributed by atoms with Crippen LogP contribution in [0, 0.1) is 13.8 Å². The molecule has 2 aromatic carbocycles. The molecule has 1 aliphatic rings. The van der Waals surface area contributed by atoms with E-state index in [0.29, 0.717) is 30.3 Å². The number of rotatable bonds is 7. The van der Waals surface area contributed by atoms with Crippen molar-refractivity contribution in [1.29, 1.82) is 0 Å². The van der Waals surface area contributed by atoms with Crippen LogP contribution in [0.4, 0.5) is 10.8 Å². The number of nitrogens with zero attached hydrogens (tertiary/aromatic N) is 3. The van der Waals surface area contributed by atoms with Gasteiger partial charge in [-0.1, -0.05) is 35.6 Å². The van der Waals surface area contributed by atoms with Crippen LogP contribution in [-0.4, -0.2) is 34.3 Å². The Morgan fingerprint density at radius 2 is 1.90 bits per heavy atom. The summed E-state index contributed by atoms with van der Waals surface area (Å²) in [5, 5.41) is 12.5. The molecule has 0 radical (unpaired) electrons. The first kappa shape index (κ1) is 21.5. The molecule has 0 bridgehead atoms. The monoisotopic (exact) mass is 452 g/mol. The summed E-state index contributed by atoms with van der Waals surface area (Å²) in [5.41, 5.74) is 3.20. The summed E-state index contributed by atoms with van der Waals surface area (Å²) in [6.07, 6.45) is 0.806.